The molecule has 0 amide bonds. The summed E-state index contributed by atoms with van der Waals surface area (Å²) < 4.78 is 28.8. The molecule has 0 saturated carbocycles. The highest BCUT2D eigenvalue weighted by Gasteiger charge is 2.44. The molecule has 0 N–H and O–H groups in total. The van der Waals surface area contributed by atoms with E-state index in [1.165, 1.54) is 0 Å². The molecule has 0 radical (unpaired) electrons. The van der Waals surface area contributed by atoms with E-state index in [0.29, 0.717) is 19.8 Å². The Balaban J connectivity index is 2.57. The Labute approximate surface area is 135 Å². The zero-order chi connectivity index (χ0) is 16.5. The SMILES string of the molecule is B[C@@H]1O[C@H](CC)[C@H](OP(C)OCC[N+]#[C-])C1OCC(C)OC. The molecule has 0 aliphatic carbocycles. The number of rotatable bonds is 10. The van der Waals surface area contributed by atoms with Crippen LogP contribution in [0.5, 0.6) is 0 Å². The fourth-order valence-electron chi connectivity index (χ4n) is 2.33. The van der Waals surface area contributed by atoms with Crippen LogP contribution in [0.3, 0.4) is 0 Å². The van der Waals surface area contributed by atoms with Gasteiger partial charge in [0, 0.05) is 13.8 Å². The maximum atomic E-state index is 6.76. The van der Waals surface area contributed by atoms with Crippen molar-refractivity contribution in [2.75, 3.05) is 33.5 Å². The molecular weight excluding hydrogens is 304 g/mol. The topological polar surface area (TPSA) is 50.5 Å². The highest BCUT2D eigenvalue weighted by Crippen LogP contribution is 2.40. The second-order valence-corrected chi connectivity index (χ2v) is 6.71. The van der Waals surface area contributed by atoms with E-state index in [4.69, 9.17) is 29.8 Å². The lowest BCUT2D eigenvalue weighted by atomic mass is 9.92. The largest absolute Gasteiger partial charge is 0.379 e. The molecule has 1 fully saturated rings. The predicted molar refractivity (Wildman–Crippen MR) is 88.8 cm³/mol. The molecule has 6 nitrogen and oxygen atoms in total. The molecule has 1 rings (SSSR count). The number of hydrogen-bond acceptors (Lipinski definition) is 5. The van der Waals surface area contributed by atoms with Gasteiger partial charge in [0.2, 0.25) is 6.54 Å². The summed E-state index contributed by atoms with van der Waals surface area (Å²) in [5.74, 6) is 0. The van der Waals surface area contributed by atoms with Crippen molar-refractivity contribution in [3.05, 3.63) is 11.4 Å². The first-order chi connectivity index (χ1) is 10.5. The first-order valence-electron chi connectivity index (χ1n) is 7.69. The van der Waals surface area contributed by atoms with Crippen molar-refractivity contribution >= 4 is 16.2 Å². The summed E-state index contributed by atoms with van der Waals surface area (Å²) in [4.78, 5) is 3.27. The number of ether oxygens (including phenoxy) is 3. The summed E-state index contributed by atoms with van der Waals surface area (Å²) in [6.45, 7) is 14.0. The van der Waals surface area contributed by atoms with Crippen molar-refractivity contribution in [1.82, 2.24) is 0 Å². The Bertz CT molecular complexity index is 357. The van der Waals surface area contributed by atoms with Gasteiger partial charge in [-0.1, -0.05) is 6.92 Å². The molecular formula is C14H27BNO5P. The van der Waals surface area contributed by atoms with Crippen molar-refractivity contribution in [3.63, 3.8) is 0 Å². The summed E-state index contributed by atoms with van der Waals surface area (Å²) >= 11 is 0. The fraction of sp³-hybridized carbons (Fsp3) is 0.929. The summed E-state index contributed by atoms with van der Waals surface area (Å²) in [7, 11) is 2.63. The zero-order valence-corrected chi connectivity index (χ0v) is 15.0. The minimum atomic E-state index is -1.05. The average molecular weight is 331 g/mol. The summed E-state index contributed by atoms with van der Waals surface area (Å²) in [6, 6.07) is -0.0225. The van der Waals surface area contributed by atoms with E-state index in [-0.39, 0.29) is 30.4 Å². The second-order valence-electron chi connectivity index (χ2n) is 5.36. The first kappa shape index (κ1) is 19.8. The Hall–Kier alpha value is -0.215. The Morgan fingerprint density at radius 1 is 1.41 bits per heavy atom. The summed E-state index contributed by atoms with van der Waals surface area (Å²) in [6.07, 6.45) is 0.629. The molecule has 0 aromatic heterocycles. The van der Waals surface area contributed by atoms with E-state index in [1.807, 2.05) is 21.4 Å². The van der Waals surface area contributed by atoms with Gasteiger partial charge in [-0.15, -0.1) is 0 Å². The maximum absolute atomic E-state index is 6.76. The lowest BCUT2D eigenvalue weighted by Crippen LogP contribution is -2.38. The van der Waals surface area contributed by atoms with Gasteiger partial charge in [-0.25, -0.2) is 6.57 Å². The van der Waals surface area contributed by atoms with E-state index in [1.54, 1.807) is 7.11 Å². The molecule has 0 aromatic carbocycles. The van der Waals surface area contributed by atoms with Gasteiger partial charge in [0.05, 0.1) is 24.8 Å². The lowest BCUT2D eigenvalue weighted by Gasteiger charge is -2.27. The lowest BCUT2D eigenvalue weighted by molar-refractivity contribution is -0.0538. The maximum Gasteiger partial charge on any atom is 0.238 e. The van der Waals surface area contributed by atoms with Gasteiger partial charge in [-0.2, -0.15) is 0 Å². The molecule has 3 unspecified atom stereocenters. The Morgan fingerprint density at radius 2 is 2.14 bits per heavy atom. The molecule has 0 spiro atoms. The molecule has 1 aliphatic rings. The molecule has 126 valence electrons. The Kier molecular flexibility index (Phi) is 9.50. The monoisotopic (exact) mass is 331 g/mol. The fourth-order valence-corrected chi connectivity index (χ4v) is 3.33. The van der Waals surface area contributed by atoms with Crippen molar-refractivity contribution in [2.24, 2.45) is 0 Å². The van der Waals surface area contributed by atoms with Crippen LogP contribution in [0.25, 0.3) is 4.85 Å². The molecule has 22 heavy (non-hydrogen) atoms. The summed E-state index contributed by atoms with van der Waals surface area (Å²) in [5.41, 5.74) is 0. The molecule has 8 heteroatoms. The first-order valence-corrected chi connectivity index (χ1v) is 9.32. The normalized spacial score (nSPS) is 30.9. The van der Waals surface area contributed by atoms with Gasteiger partial charge in [0.25, 0.3) is 0 Å². The van der Waals surface area contributed by atoms with Gasteiger partial charge < -0.3 is 28.1 Å². The third-order valence-corrected chi connectivity index (χ3v) is 4.70. The van der Waals surface area contributed by atoms with Crippen LogP contribution in [0, 0.1) is 6.57 Å². The average Bonchev–Trinajstić information content (AvgIpc) is 2.80. The van der Waals surface area contributed by atoms with Crippen LogP contribution in [-0.2, 0) is 23.3 Å². The van der Waals surface area contributed by atoms with Crippen LogP contribution in [0.15, 0.2) is 0 Å². The van der Waals surface area contributed by atoms with E-state index in [9.17, 15) is 0 Å². The minimum Gasteiger partial charge on any atom is -0.379 e. The second kappa shape index (κ2) is 10.5. The van der Waals surface area contributed by atoms with Gasteiger partial charge in [0.15, 0.2) is 8.38 Å². The van der Waals surface area contributed by atoms with Crippen molar-refractivity contribution in [1.29, 1.82) is 0 Å². The van der Waals surface area contributed by atoms with Gasteiger partial charge in [-0.05, 0) is 13.3 Å². The predicted octanol–water partition coefficient (Wildman–Crippen LogP) is 1.44. The highest BCUT2D eigenvalue weighted by molar-refractivity contribution is 7.46. The number of methoxy groups -OCH3 is 1. The van der Waals surface area contributed by atoms with Crippen LogP contribution >= 0.6 is 8.38 Å². The van der Waals surface area contributed by atoms with Crippen LogP contribution in [0.2, 0.25) is 0 Å². The molecule has 1 heterocycles. The van der Waals surface area contributed by atoms with E-state index in [2.05, 4.69) is 11.8 Å². The zero-order valence-electron chi connectivity index (χ0n) is 14.2. The molecule has 0 bridgehead atoms. The molecule has 6 atom stereocenters. The van der Waals surface area contributed by atoms with Crippen molar-refractivity contribution in [2.45, 2.75) is 50.7 Å². The molecule has 1 saturated heterocycles. The van der Waals surface area contributed by atoms with E-state index in [0.717, 1.165) is 6.42 Å². The van der Waals surface area contributed by atoms with E-state index >= 15 is 0 Å². The van der Waals surface area contributed by atoms with E-state index < -0.39 is 8.38 Å². The van der Waals surface area contributed by atoms with Crippen LogP contribution in [0.1, 0.15) is 20.3 Å². The number of hydrogen-bond donors (Lipinski definition) is 0. The quantitative estimate of drug-likeness (QED) is 0.262. The third kappa shape index (κ3) is 6.12. The minimum absolute atomic E-state index is 0.00673. The van der Waals surface area contributed by atoms with Gasteiger partial charge in [-0.3, -0.25) is 0 Å². The Morgan fingerprint density at radius 3 is 2.73 bits per heavy atom. The third-order valence-electron chi connectivity index (χ3n) is 3.62. The molecule has 1 aliphatic heterocycles. The van der Waals surface area contributed by atoms with Gasteiger partial charge >= 0.3 is 0 Å². The van der Waals surface area contributed by atoms with Crippen molar-refractivity contribution in [3.8, 4) is 0 Å². The van der Waals surface area contributed by atoms with Crippen LogP contribution in [-0.4, -0.2) is 71.8 Å². The summed E-state index contributed by atoms with van der Waals surface area (Å²) in [5, 5.41) is 0. The van der Waals surface area contributed by atoms with Gasteiger partial charge in [0.1, 0.15) is 26.7 Å². The molecule has 0 aromatic rings. The van der Waals surface area contributed by atoms with Crippen LogP contribution in [0.4, 0.5) is 0 Å². The highest BCUT2D eigenvalue weighted by atomic mass is 31.2. The number of nitrogens with zero attached hydrogens (tertiary/aromatic N) is 1. The van der Waals surface area contributed by atoms with Crippen LogP contribution < -0.4 is 0 Å². The standard InChI is InChI=1S/C14H27BNO5P/c1-6-11-12(21-22(5)19-8-7-16-3)13(14(15)20-11)18-9-10(2)17-4/h10-14H,6-9,15H2,1-2,4-5H3/t10?,11-,12+,13?,14-,22?/m1/s1. The smallest absolute Gasteiger partial charge is 0.238 e. The van der Waals surface area contributed by atoms with Crippen molar-refractivity contribution < 1.29 is 23.3 Å².